The van der Waals surface area contributed by atoms with Gasteiger partial charge >= 0.3 is 0 Å². The smallest absolute Gasteiger partial charge is 0.236 e. The number of aromatic nitrogens is 2. The minimum absolute atomic E-state index is 0.0835. The lowest BCUT2D eigenvalue weighted by Crippen LogP contribution is -2.41. The Balaban J connectivity index is 1.49. The highest BCUT2D eigenvalue weighted by atomic mass is 32.2. The van der Waals surface area contributed by atoms with Crippen molar-refractivity contribution in [2.75, 3.05) is 12.4 Å². The third-order valence-corrected chi connectivity index (χ3v) is 5.73. The molecule has 1 aliphatic carbocycles. The van der Waals surface area contributed by atoms with Gasteiger partial charge in [0.05, 0.1) is 23.7 Å². The van der Waals surface area contributed by atoms with Crippen LogP contribution in [0.25, 0.3) is 11.4 Å². The summed E-state index contributed by atoms with van der Waals surface area (Å²) in [5, 5.41) is 7.22. The van der Waals surface area contributed by atoms with Gasteiger partial charge in [0.2, 0.25) is 17.6 Å². The van der Waals surface area contributed by atoms with Gasteiger partial charge in [0, 0.05) is 6.04 Å². The normalized spacial score (nSPS) is 19.6. The number of nitrogens with zero attached hydrogens (tertiary/aromatic N) is 2. The second-order valence-electron chi connectivity index (χ2n) is 6.87. The number of carbonyl (C=O) groups is 1. The first-order chi connectivity index (χ1) is 13.2. The first-order valence-corrected chi connectivity index (χ1v) is 10.7. The van der Waals surface area contributed by atoms with Gasteiger partial charge in [-0.15, -0.1) is 11.8 Å². The molecule has 2 unspecified atom stereocenters. The second kappa shape index (κ2) is 9.78. The van der Waals surface area contributed by atoms with Crippen molar-refractivity contribution in [2.45, 2.75) is 51.3 Å². The predicted molar refractivity (Wildman–Crippen MR) is 107 cm³/mol. The summed E-state index contributed by atoms with van der Waals surface area (Å²) in [6.07, 6.45) is 4.76. The largest absolute Gasteiger partial charge is 0.493 e. The van der Waals surface area contributed by atoms with Crippen LogP contribution in [0.5, 0.6) is 5.75 Å². The predicted octanol–water partition coefficient (Wildman–Crippen LogP) is 4.06. The van der Waals surface area contributed by atoms with Crippen LogP contribution in [0.1, 0.15) is 45.4 Å². The van der Waals surface area contributed by atoms with Crippen LogP contribution < -0.4 is 10.1 Å². The van der Waals surface area contributed by atoms with Crippen molar-refractivity contribution >= 4 is 17.7 Å². The van der Waals surface area contributed by atoms with E-state index < -0.39 is 0 Å². The van der Waals surface area contributed by atoms with E-state index in [0.29, 0.717) is 41.8 Å². The lowest BCUT2D eigenvalue weighted by atomic mass is 9.86. The van der Waals surface area contributed by atoms with E-state index in [2.05, 4.69) is 22.4 Å². The molecular weight excluding hydrogens is 362 g/mol. The monoisotopic (exact) mass is 389 g/mol. The summed E-state index contributed by atoms with van der Waals surface area (Å²) in [6, 6.07) is 7.94. The summed E-state index contributed by atoms with van der Waals surface area (Å²) in [4.78, 5) is 16.6. The maximum Gasteiger partial charge on any atom is 0.236 e. The molecule has 1 N–H and O–H groups in total. The molecule has 1 fully saturated rings. The standard InChI is InChI=1S/C20H27N3O3S/c1-3-25-17-11-7-5-9-15(17)20-22-19(26-23-20)13-27-12-18(24)21-16-10-6-4-8-14(16)2/h5,7,9,11,14,16H,3-4,6,8,10,12-13H2,1-2H3,(H,21,24). The van der Waals surface area contributed by atoms with Crippen molar-refractivity contribution in [3.05, 3.63) is 30.2 Å². The van der Waals surface area contributed by atoms with Crippen LogP contribution in [0.15, 0.2) is 28.8 Å². The maximum atomic E-state index is 12.2. The van der Waals surface area contributed by atoms with E-state index in [1.54, 1.807) is 0 Å². The summed E-state index contributed by atoms with van der Waals surface area (Å²) in [5.41, 5.74) is 0.809. The third-order valence-electron chi connectivity index (χ3n) is 4.81. The number of nitrogens with one attached hydrogen (secondary N) is 1. The Morgan fingerprint density at radius 2 is 2.15 bits per heavy atom. The molecule has 1 amide bonds. The van der Waals surface area contributed by atoms with Gasteiger partial charge < -0.3 is 14.6 Å². The molecule has 1 aliphatic rings. The topological polar surface area (TPSA) is 77.2 Å². The van der Waals surface area contributed by atoms with E-state index >= 15 is 0 Å². The van der Waals surface area contributed by atoms with Gasteiger partial charge in [0.15, 0.2) is 0 Å². The number of hydrogen-bond donors (Lipinski definition) is 1. The number of rotatable bonds is 8. The van der Waals surface area contributed by atoms with Crippen LogP contribution in [-0.4, -0.2) is 34.4 Å². The van der Waals surface area contributed by atoms with E-state index in [-0.39, 0.29) is 5.91 Å². The van der Waals surface area contributed by atoms with E-state index in [1.807, 2.05) is 31.2 Å². The van der Waals surface area contributed by atoms with Crippen molar-refractivity contribution in [2.24, 2.45) is 5.92 Å². The molecule has 1 aromatic carbocycles. The van der Waals surface area contributed by atoms with Crippen molar-refractivity contribution in [1.29, 1.82) is 0 Å². The molecule has 1 saturated carbocycles. The van der Waals surface area contributed by atoms with Gasteiger partial charge in [-0.2, -0.15) is 4.98 Å². The Morgan fingerprint density at radius 3 is 2.96 bits per heavy atom. The minimum Gasteiger partial charge on any atom is -0.493 e. The molecule has 6 nitrogen and oxygen atoms in total. The SMILES string of the molecule is CCOc1ccccc1-c1noc(CSCC(=O)NC2CCCCC2C)n1. The lowest BCUT2D eigenvalue weighted by molar-refractivity contribution is -0.119. The fourth-order valence-electron chi connectivity index (χ4n) is 3.37. The number of thioether (sulfide) groups is 1. The lowest BCUT2D eigenvalue weighted by Gasteiger charge is -2.29. The summed E-state index contributed by atoms with van der Waals surface area (Å²) in [6.45, 7) is 4.73. The third kappa shape index (κ3) is 5.48. The van der Waals surface area contributed by atoms with Gasteiger partial charge in [-0.05, 0) is 37.8 Å². The van der Waals surface area contributed by atoms with Crippen LogP contribution in [0, 0.1) is 5.92 Å². The fourth-order valence-corrected chi connectivity index (χ4v) is 4.03. The van der Waals surface area contributed by atoms with Gasteiger partial charge in [-0.25, -0.2) is 0 Å². The van der Waals surface area contributed by atoms with E-state index in [4.69, 9.17) is 9.26 Å². The Kier molecular flexibility index (Phi) is 7.15. The Morgan fingerprint density at radius 1 is 1.33 bits per heavy atom. The number of ether oxygens (including phenoxy) is 1. The Hall–Kier alpha value is -2.02. The molecular formula is C20H27N3O3S. The number of para-hydroxylation sites is 1. The Bertz CT molecular complexity index is 750. The first-order valence-electron chi connectivity index (χ1n) is 9.59. The molecule has 3 rings (SSSR count). The van der Waals surface area contributed by atoms with Crippen molar-refractivity contribution in [3.63, 3.8) is 0 Å². The highest BCUT2D eigenvalue weighted by molar-refractivity contribution is 7.99. The molecule has 2 atom stereocenters. The minimum atomic E-state index is 0.0835. The summed E-state index contributed by atoms with van der Waals surface area (Å²) in [5.74, 6) is 3.32. The van der Waals surface area contributed by atoms with Gasteiger partial charge in [0.25, 0.3) is 0 Å². The molecule has 27 heavy (non-hydrogen) atoms. The van der Waals surface area contributed by atoms with Gasteiger partial charge in [0.1, 0.15) is 5.75 Å². The molecule has 0 spiro atoms. The number of amides is 1. The first kappa shape index (κ1) is 19.7. The second-order valence-corrected chi connectivity index (χ2v) is 7.86. The maximum absolute atomic E-state index is 12.2. The summed E-state index contributed by atoms with van der Waals surface area (Å²) in [7, 11) is 0. The zero-order valence-electron chi connectivity index (χ0n) is 15.9. The quantitative estimate of drug-likeness (QED) is 0.733. The molecule has 0 radical (unpaired) electrons. The van der Waals surface area contributed by atoms with E-state index in [1.165, 1.54) is 31.0 Å². The molecule has 146 valence electrons. The van der Waals surface area contributed by atoms with Crippen LogP contribution in [0.4, 0.5) is 0 Å². The van der Waals surface area contributed by atoms with Crippen molar-refractivity contribution in [1.82, 2.24) is 15.5 Å². The van der Waals surface area contributed by atoms with Crippen molar-refractivity contribution in [3.8, 4) is 17.1 Å². The highest BCUT2D eigenvalue weighted by Crippen LogP contribution is 2.28. The van der Waals surface area contributed by atoms with E-state index in [0.717, 1.165) is 17.7 Å². The highest BCUT2D eigenvalue weighted by Gasteiger charge is 2.22. The van der Waals surface area contributed by atoms with Crippen LogP contribution in [0.2, 0.25) is 0 Å². The van der Waals surface area contributed by atoms with Gasteiger partial charge in [-0.1, -0.05) is 37.1 Å². The van der Waals surface area contributed by atoms with Crippen LogP contribution in [-0.2, 0) is 10.5 Å². The average molecular weight is 390 g/mol. The molecule has 2 aromatic rings. The molecule has 0 bridgehead atoms. The van der Waals surface area contributed by atoms with Gasteiger partial charge in [-0.3, -0.25) is 4.79 Å². The molecule has 7 heteroatoms. The number of hydrogen-bond acceptors (Lipinski definition) is 6. The zero-order valence-corrected chi connectivity index (χ0v) is 16.8. The molecule has 0 aliphatic heterocycles. The molecule has 0 saturated heterocycles. The van der Waals surface area contributed by atoms with Crippen LogP contribution >= 0.6 is 11.8 Å². The number of carbonyl (C=O) groups excluding carboxylic acids is 1. The Labute approximate surface area is 164 Å². The molecule has 1 heterocycles. The molecule has 1 aromatic heterocycles. The number of benzene rings is 1. The zero-order chi connectivity index (χ0) is 19.1. The summed E-state index contributed by atoms with van der Waals surface area (Å²) >= 11 is 1.49. The van der Waals surface area contributed by atoms with Crippen LogP contribution in [0.3, 0.4) is 0 Å². The fraction of sp³-hybridized carbons (Fsp3) is 0.550. The van der Waals surface area contributed by atoms with E-state index in [9.17, 15) is 4.79 Å². The average Bonchev–Trinajstić information content (AvgIpc) is 3.13. The van der Waals surface area contributed by atoms with Crippen molar-refractivity contribution < 1.29 is 14.1 Å². The summed E-state index contributed by atoms with van der Waals surface area (Å²) < 4.78 is 10.9.